The molecule has 4 nitrogen and oxygen atoms in total. The number of hydrogen-bond acceptors (Lipinski definition) is 4. The fourth-order valence-corrected chi connectivity index (χ4v) is 3.38. The Bertz CT molecular complexity index is 840. The van der Waals surface area contributed by atoms with Crippen molar-refractivity contribution in [2.75, 3.05) is 12.4 Å². The molecule has 0 saturated heterocycles. The molecule has 0 aliphatic rings. The molecule has 0 saturated carbocycles. The van der Waals surface area contributed by atoms with E-state index >= 15 is 0 Å². The summed E-state index contributed by atoms with van der Waals surface area (Å²) >= 11 is 7.75. The average Bonchev–Trinajstić information content (AvgIpc) is 2.94. The van der Waals surface area contributed by atoms with Gasteiger partial charge in [-0.1, -0.05) is 11.6 Å². The summed E-state index contributed by atoms with van der Waals surface area (Å²) in [5.74, 6) is 0. The zero-order valence-corrected chi connectivity index (χ0v) is 15.4. The maximum Gasteiger partial charge on any atom is 0.0951 e. The molecule has 1 heterocycles. The van der Waals surface area contributed by atoms with E-state index in [0.717, 1.165) is 38.1 Å². The Hall–Kier alpha value is -1.95. The molecule has 0 aliphatic heterocycles. The fraction of sp³-hybridized carbons (Fsp3) is 0.167. The molecule has 0 unspecified atom stereocenters. The van der Waals surface area contributed by atoms with Gasteiger partial charge >= 0.3 is 0 Å². The Labute approximate surface area is 151 Å². The van der Waals surface area contributed by atoms with E-state index in [9.17, 15) is 0 Å². The molecule has 24 heavy (non-hydrogen) atoms. The molecule has 2 aromatic carbocycles. The Morgan fingerprint density at radius 2 is 2.00 bits per heavy atom. The lowest BCUT2D eigenvalue weighted by molar-refractivity contribution is 0.913. The van der Waals surface area contributed by atoms with Crippen LogP contribution in [0, 0.1) is 6.92 Å². The van der Waals surface area contributed by atoms with Crippen LogP contribution in [0.15, 0.2) is 53.8 Å². The largest absolute Gasteiger partial charge is 0.355 e. The minimum atomic E-state index is 0.722. The van der Waals surface area contributed by atoms with Gasteiger partial charge in [0.1, 0.15) is 0 Å². The van der Waals surface area contributed by atoms with Gasteiger partial charge in [-0.15, -0.1) is 0 Å². The predicted octanol–water partition coefficient (Wildman–Crippen LogP) is 5.02. The third kappa shape index (κ3) is 3.93. The number of anilines is 2. The Morgan fingerprint density at radius 3 is 2.67 bits per heavy atom. The molecule has 6 heteroatoms. The fourth-order valence-electron chi connectivity index (χ4n) is 2.54. The van der Waals surface area contributed by atoms with E-state index in [1.54, 1.807) is 18.3 Å². The summed E-state index contributed by atoms with van der Waals surface area (Å²) in [5, 5.41) is 4.19. The van der Waals surface area contributed by atoms with Crippen molar-refractivity contribution in [1.29, 1.82) is 0 Å². The van der Waals surface area contributed by atoms with Crippen molar-refractivity contribution in [3.05, 3.63) is 59.5 Å². The van der Waals surface area contributed by atoms with Gasteiger partial charge < -0.3 is 9.88 Å². The van der Waals surface area contributed by atoms with Crippen LogP contribution in [0.25, 0.3) is 11.3 Å². The van der Waals surface area contributed by atoms with E-state index in [1.165, 1.54) is 0 Å². The van der Waals surface area contributed by atoms with Crippen LogP contribution in [-0.2, 0) is 7.05 Å². The van der Waals surface area contributed by atoms with Crippen LogP contribution in [0.1, 0.15) is 5.56 Å². The smallest absolute Gasteiger partial charge is 0.0951 e. The van der Waals surface area contributed by atoms with Crippen molar-refractivity contribution < 1.29 is 0 Å². The first-order valence-corrected chi connectivity index (χ1v) is 8.75. The number of aryl methyl sites for hydroxylation is 2. The molecule has 0 aliphatic carbocycles. The quantitative estimate of drug-likeness (QED) is 0.628. The molecular weight excluding hydrogens is 340 g/mol. The molecule has 0 fully saturated rings. The molecule has 0 amide bonds. The third-order valence-corrected chi connectivity index (χ3v) is 4.42. The van der Waals surface area contributed by atoms with Gasteiger partial charge in [0.25, 0.3) is 0 Å². The molecule has 1 aromatic heterocycles. The van der Waals surface area contributed by atoms with Gasteiger partial charge in [0, 0.05) is 40.1 Å². The molecule has 0 spiro atoms. The lowest BCUT2D eigenvalue weighted by atomic mass is 10.1. The summed E-state index contributed by atoms with van der Waals surface area (Å²) < 4.78 is 5.05. The zero-order valence-electron chi connectivity index (χ0n) is 13.8. The molecule has 124 valence electrons. The van der Waals surface area contributed by atoms with E-state index in [4.69, 9.17) is 11.6 Å². The van der Waals surface area contributed by atoms with Crippen LogP contribution >= 0.6 is 23.5 Å². The van der Waals surface area contributed by atoms with Crippen molar-refractivity contribution in [1.82, 2.24) is 14.3 Å². The van der Waals surface area contributed by atoms with Crippen molar-refractivity contribution in [2.24, 2.45) is 7.05 Å². The number of aromatic nitrogens is 2. The molecule has 0 radical (unpaired) electrons. The first-order chi connectivity index (χ1) is 11.5. The topological polar surface area (TPSA) is 41.9 Å². The molecular formula is C18H19ClN4S. The van der Waals surface area contributed by atoms with Crippen molar-refractivity contribution >= 4 is 34.9 Å². The summed E-state index contributed by atoms with van der Waals surface area (Å²) in [6.07, 6.45) is 3.82. The van der Waals surface area contributed by atoms with Gasteiger partial charge in [-0.25, -0.2) is 4.98 Å². The van der Waals surface area contributed by atoms with Crippen LogP contribution in [0.4, 0.5) is 11.4 Å². The van der Waals surface area contributed by atoms with Gasteiger partial charge in [-0.3, -0.25) is 4.72 Å². The SMILES string of the molecule is CNSc1ccc(Nc2cc(C)cc(Cl)c2)c(-c2cn(C)cn2)c1. The maximum atomic E-state index is 6.18. The third-order valence-electron chi connectivity index (χ3n) is 3.51. The summed E-state index contributed by atoms with van der Waals surface area (Å²) in [6.45, 7) is 2.03. The van der Waals surface area contributed by atoms with E-state index in [-0.39, 0.29) is 0 Å². The van der Waals surface area contributed by atoms with Gasteiger partial charge in [0.2, 0.25) is 0 Å². The van der Waals surface area contributed by atoms with E-state index < -0.39 is 0 Å². The van der Waals surface area contributed by atoms with E-state index in [2.05, 4.69) is 39.3 Å². The minimum Gasteiger partial charge on any atom is -0.355 e. The number of nitrogens with zero attached hydrogens (tertiary/aromatic N) is 2. The number of imidazole rings is 1. The van der Waals surface area contributed by atoms with Crippen LogP contribution in [-0.4, -0.2) is 16.6 Å². The van der Waals surface area contributed by atoms with Crippen molar-refractivity contribution in [3.8, 4) is 11.3 Å². The maximum absolute atomic E-state index is 6.18. The first kappa shape index (κ1) is 16.9. The molecule has 0 atom stereocenters. The van der Waals surface area contributed by atoms with Crippen LogP contribution in [0.5, 0.6) is 0 Å². The van der Waals surface area contributed by atoms with Crippen LogP contribution in [0.2, 0.25) is 5.02 Å². The van der Waals surface area contributed by atoms with Crippen LogP contribution < -0.4 is 10.0 Å². The lowest BCUT2D eigenvalue weighted by Gasteiger charge is -2.13. The Kier molecular flexibility index (Phi) is 5.14. The number of benzene rings is 2. The summed E-state index contributed by atoms with van der Waals surface area (Å²) in [4.78, 5) is 5.62. The Balaban J connectivity index is 2.02. The number of nitrogens with one attached hydrogen (secondary N) is 2. The first-order valence-electron chi connectivity index (χ1n) is 7.55. The summed E-state index contributed by atoms with van der Waals surface area (Å²) in [7, 11) is 3.88. The second-order valence-corrected chi connectivity index (χ2v) is 7.10. The normalized spacial score (nSPS) is 10.8. The van der Waals surface area contributed by atoms with Gasteiger partial charge in [-0.2, -0.15) is 0 Å². The highest BCUT2D eigenvalue weighted by Gasteiger charge is 2.10. The van der Waals surface area contributed by atoms with Crippen LogP contribution in [0.3, 0.4) is 0 Å². The zero-order chi connectivity index (χ0) is 17.1. The molecule has 3 rings (SSSR count). The van der Waals surface area contributed by atoms with Gasteiger partial charge in [0.05, 0.1) is 12.0 Å². The highest BCUT2D eigenvalue weighted by Crippen LogP contribution is 2.33. The summed E-state index contributed by atoms with van der Waals surface area (Å²) in [5.41, 5.74) is 5.06. The summed E-state index contributed by atoms with van der Waals surface area (Å²) in [6, 6.07) is 12.2. The highest BCUT2D eigenvalue weighted by molar-refractivity contribution is 7.97. The van der Waals surface area contributed by atoms with Crippen molar-refractivity contribution in [3.63, 3.8) is 0 Å². The predicted molar refractivity (Wildman–Crippen MR) is 103 cm³/mol. The molecule has 0 bridgehead atoms. The van der Waals surface area contributed by atoms with E-state index in [0.29, 0.717) is 0 Å². The number of rotatable bonds is 5. The highest BCUT2D eigenvalue weighted by atomic mass is 35.5. The number of hydrogen-bond donors (Lipinski definition) is 2. The lowest BCUT2D eigenvalue weighted by Crippen LogP contribution is -1.96. The average molecular weight is 359 g/mol. The number of halogens is 1. The molecule has 3 aromatic rings. The second kappa shape index (κ2) is 7.30. The molecule has 2 N–H and O–H groups in total. The second-order valence-electron chi connectivity index (χ2n) is 5.58. The minimum absolute atomic E-state index is 0.722. The van der Waals surface area contributed by atoms with Crippen molar-refractivity contribution in [2.45, 2.75) is 11.8 Å². The van der Waals surface area contributed by atoms with E-state index in [1.807, 2.05) is 43.9 Å². The van der Waals surface area contributed by atoms with Gasteiger partial charge in [0.15, 0.2) is 0 Å². The monoisotopic (exact) mass is 358 g/mol. The van der Waals surface area contributed by atoms with Gasteiger partial charge in [-0.05, 0) is 67.9 Å². The Morgan fingerprint density at radius 1 is 1.17 bits per heavy atom. The standard InChI is InChI=1S/C18H19ClN4S/c1-12-6-13(19)8-14(7-12)22-17-5-4-15(24-20-2)9-16(17)18-10-23(3)11-21-18/h4-11,20,22H,1-3H3.